The summed E-state index contributed by atoms with van der Waals surface area (Å²) in [7, 11) is 0. The Labute approximate surface area is 273 Å². The van der Waals surface area contributed by atoms with E-state index in [1.807, 2.05) is 54.6 Å². The predicted molar refractivity (Wildman–Crippen MR) is 178 cm³/mol. The molecule has 238 valence electrons. The van der Waals surface area contributed by atoms with Crippen molar-refractivity contribution in [3.63, 3.8) is 0 Å². The van der Waals surface area contributed by atoms with Gasteiger partial charge in [0, 0.05) is 35.6 Å². The van der Waals surface area contributed by atoms with Crippen LogP contribution in [0.1, 0.15) is 16.8 Å². The molecule has 0 saturated carbocycles. The summed E-state index contributed by atoms with van der Waals surface area (Å²) in [5.74, 6) is -1.00. The molecule has 13 nitrogen and oxygen atoms in total. The molecule has 3 amide bonds. The van der Waals surface area contributed by atoms with E-state index in [9.17, 15) is 24.5 Å². The number of nitro benzene ring substituents is 1. The van der Waals surface area contributed by atoms with Crippen molar-refractivity contribution in [3.05, 3.63) is 130 Å². The highest BCUT2D eigenvalue weighted by Gasteiger charge is 2.23. The topological polar surface area (TPSA) is 181 Å². The highest BCUT2D eigenvalue weighted by Crippen LogP contribution is 2.30. The van der Waals surface area contributed by atoms with Gasteiger partial charge in [0.15, 0.2) is 0 Å². The molecule has 0 radical (unpaired) electrons. The number of imidazole rings is 1. The number of H-pyrrole nitrogens is 1. The summed E-state index contributed by atoms with van der Waals surface area (Å²) in [5.41, 5.74) is 4.48. The highest BCUT2D eigenvalue weighted by molar-refractivity contribution is 8.00. The Hall–Kier alpha value is -6.02. The number of alkyl carbamates (subject to hydrolysis) is 1. The van der Waals surface area contributed by atoms with Gasteiger partial charge in [0.25, 0.3) is 11.6 Å². The number of hydrazone groups is 1. The first-order valence-electron chi connectivity index (χ1n) is 14.3. The van der Waals surface area contributed by atoms with Crippen LogP contribution in [0.15, 0.2) is 114 Å². The minimum absolute atomic E-state index is 0.0193. The molecule has 14 heteroatoms. The second-order valence-corrected chi connectivity index (χ2v) is 11.2. The normalized spacial score (nSPS) is 11.6. The van der Waals surface area contributed by atoms with Gasteiger partial charge >= 0.3 is 6.09 Å². The van der Waals surface area contributed by atoms with Gasteiger partial charge < -0.3 is 20.4 Å². The molecule has 0 aliphatic carbocycles. The average molecular weight is 652 g/mol. The second-order valence-electron chi connectivity index (χ2n) is 10.2. The van der Waals surface area contributed by atoms with E-state index < -0.39 is 23.0 Å². The maximum Gasteiger partial charge on any atom is 0.408 e. The lowest BCUT2D eigenvalue weighted by molar-refractivity contribution is -0.387. The third-order valence-electron chi connectivity index (χ3n) is 6.76. The lowest BCUT2D eigenvalue weighted by Gasteiger charge is -2.16. The molecule has 5 aromatic rings. The zero-order chi connectivity index (χ0) is 33.0. The molecule has 4 aromatic carbocycles. The molecule has 5 rings (SSSR count). The summed E-state index contributed by atoms with van der Waals surface area (Å²) in [5, 5.41) is 23.1. The Morgan fingerprint density at radius 2 is 1.79 bits per heavy atom. The van der Waals surface area contributed by atoms with Crippen LogP contribution in [0.25, 0.3) is 10.8 Å². The summed E-state index contributed by atoms with van der Waals surface area (Å²) in [6, 6.07) is 25.7. The van der Waals surface area contributed by atoms with Crippen LogP contribution in [0, 0.1) is 10.1 Å². The third kappa shape index (κ3) is 9.48. The van der Waals surface area contributed by atoms with E-state index >= 15 is 0 Å². The summed E-state index contributed by atoms with van der Waals surface area (Å²) >= 11 is 1.03. The molecule has 1 heterocycles. The SMILES string of the molecule is O=C(CSc1ccc(/C=N\NC(=O)[C@H](Cc2cnc[nH]2)NC(=O)OCc2ccccc2)cc1[N+](=O)[O-])Nc1ccc2ccccc2c1. The van der Waals surface area contributed by atoms with E-state index in [4.69, 9.17) is 4.74 Å². The fourth-order valence-corrected chi connectivity index (χ4v) is 5.27. The number of hydrogen-bond donors (Lipinski definition) is 4. The number of amides is 3. The van der Waals surface area contributed by atoms with Crippen LogP contribution in [0.5, 0.6) is 0 Å². The first kappa shape index (κ1) is 32.4. The first-order chi connectivity index (χ1) is 22.8. The van der Waals surface area contributed by atoms with E-state index in [0.717, 1.165) is 28.1 Å². The van der Waals surface area contributed by atoms with Crippen molar-refractivity contribution in [3.8, 4) is 0 Å². The van der Waals surface area contributed by atoms with E-state index in [2.05, 4.69) is 31.1 Å². The van der Waals surface area contributed by atoms with Crippen LogP contribution in [-0.2, 0) is 27.4 Å². The number of ether oxygens (including phenoxy) is 1. The number of nitrogens with one attached hydrogen (secondary N) is 4. The quantitative estimate of drug-likeness (QED) is 0.0581. The number of benzene rings is 4. The van der Waals surface area contributed by atoms with E-state index in [1.54, 1.807) is 24.3 Å². The number of anilines is 1. The Balaban J connectivity index is 1.17. The fourth-order valence-electron chi connectivity index (χ4n) is 4.47. The van der Waals surface area contributed by atoms with Gasteiger partial charge in [0.05, 0.1) is 28.1 Å². The van der Waals surface area contributed by atoms with Crippen molar-refractivity contribution in [1.29, 1.82) is 0 Å². The van der Waals surface area contributed by atoms with Crippen LogP contribution >= 0.6 is 11.8 Å². The zero-order valence-corrected chi connectivity index (χ0v) is 25.6. The van der Waals surface area contributed by atoms with Crippen molar-refractivity contribution in [2.45, 2.75) is 24.0 Å². The van der Waals surface area contributed by atoms with Crippen LogP contribution < -0.4 is 16.1 Å². The zero-order valence-electron chi connectivity index (χ0n) is 24.8. The minimum Gasteiger partial charge on any atom is -0.445 e. The highest BCUT2D eigenvalue weighted by atomic mass is 32.2. The molecule has 47 heavy (non-hydrogen) atoms. The number of carbonyl (C=O) groups excluding carboxylic acids is 3. The monoisotopic (exact) mass is 651 g/mol. The maximum atomic E-state index is 13.0. The molecular weight excluding hydrogens is 622 g/mol. The minimum atomic E-state index is -1.07. The summed E-state index contributed by atoms with van der Waals surface area (Å²) in [4.78, 5) is 56.4. The van der Waals surface area contributed by atoms with Gasteiger partial charge in [-0.05, 0) is 34.5 Å². The van der Waals surface area contributed by atoms with Gasteiger partial charge in [-0.3, -0.25) is 19.7 Å². The van der Waals surface area contributed by atoms with Crippen molar-refractivity contribution in [2.75, 3.05) is 11.1 Å². The van der Waals surface area contributed by atoms with Gasteiger partial charge in [0.1, 0.15) is 12.6 Å². The van der Waals surface area contributed by atoms with E-state index in [-0.39, 0.29) is 30.4 Å². The number of fused-ring (bicyclic) bond motifs is 1. The number of thioether (sulfide) groups is 1. The van der Waals surface area contributed by atoms with Gasteiger partial charge in [-0.15, -0.1) is 11.8 Å². The summed E-state index contributed by atoms with van der Waals surface area (Å²) in [6.07, 6.45) is 3.49. The van der Waals surface area contributed by atoms with Crippen molar-refractivity contribution < 1.29 is 24.0 Å². The van der Waals surface area contributed by atoms with Crippen LogP contribution in [-0.4, -0.2) is 50.8 Å². The molecule has 0 saturated heterocycles. The molecule has 0 bridgehead atoms. The van der Waals surface area contributed by atoms with Crippen molar-refractivity contribution in [1.82, 2.24) is 20.7 Å². The lowest BCUT2D eigenvalue weighted by atomic mass is 10.1. The van der Waals surface area contributed by atoms with Crippen LogP contribution in [0.3, 0.4) is 0 Å². The van der Waals surface area contributed by atoms with E-state index in [0.29, 0.717) is 21.8 Å². The standard InChI is InChI=1S/C33H29N7O6S/c41-31(37-26-12-11-24-8-4-5-9-25(24)15-26)20-47-30-13-10-23(14-29(30)40(44)45)17-36-39-32(42)28(16-27-18-34-21-35-27)38-33(43)46-19-22-6-2-1-3-7-22/h1-15,17-18,21,28H,16,19-20H2,(H,34,35)(H,37,41)(H,38,43)(H,39,42)/b36-17-/t28-/m0/s1. The number of carbonyl (C=O) groups is 3. The van der Waals surface area contributed by atoms with Gasteiger partial charge in [-0.2, -0.15) is 5.10 Å². The second kappa shape index (κ2) is 15.8. The molecule has 0 unspecified atom stereocenters. The number of hydrogen-bond acceptors (Lipinski definition) is 9. The predicted octanol–water partition coefficient (Wildman–Crippen LogP) is 5.19. The van der Waals surface area contributed by atoms with Gasteiger partial charge in [0.2, 0.25) is 5.91 Å². The number of rotatable bonds is 13. The van der Waals surface area contributed by atoms with Crippen molar-refractivity contribution >= 4 is 58.0 Å². The average Bonchev–Trinajstić information content (AvgIpc) is 3.60. The summed E-state index contributed by atoms with van der Waals surface area (Å²) in [6.45, 7) is 0.0193. The molecule has 4 N–H and O–H groups in total. The summed E-state index contributed by atoms with van der Waals surface area (Å²) < 4.78 is 5.24. The Kier molecular flexibility index (Phi) is 10.9. The molecule has 0 spiro atoms. The van der Waals surface area contributed by atoms with Gasteiger partial charge in [-0.1, -0.05) is 66.7 Å². The molecule has 1 aromatic heterocycles. The van der Waals surface area contributed by atoms with Crippen molar-refractivity contribution in [2.24, 2.45) is 5.10 Å². The van der Waals surface area contributed by atoms with Crippen LogP contribution in [0.2, 0.25) is 0 Å². The van der Waals surface area contributed by atoms with E-state index in [1.165, 1.54) is 30.9 Å². The van der Waals surface area contributed by atoms with Gasteiger partial charge in [-0.25, -0.2) is 15.2 Å². The molecule has 0 aliphatic heterocycles. The fraction of sp³-hybridized carbons (Fsp3) is 0.121. The smallest absolute Gasteiger partial charge is 0.408 e. The molecule has 1 atom stereocenters. The molecule has 0 aliphatic rings. The first-order valence-corrected chi connectivity index (χ1v) is 15.3. The number of aromatic nitrogens is 2. The largest absolute Gasteiger partial charge is 0.445 e. The molecular formula is C33H29N7O6S. The number of aromatic amines is 1. The Bertz CT molecular complexity index is 1900. The Morgan fingerprint density at radius 3 is 2.55 bits per heavy atom. The third-order valence-corrected chi connectivity index (χ3v) is 7.82. The molecule has 0 fully saturated rings. The van der Waals surface area contributed by atoms with Crippen LogP contribution in [0.4, 0.5) is 16.2 Å². The number of nitrogens with zero attached hydrogens (tertiary/aromatic N) is 3. The maximum absolute atomic E-state index is 13.0. The Morgan fingerprint density at radius 1 is 1.00 bits per heavy atom. The lowest BCUT2D eigenvalue weighted by Crippen LogP contribution is -2.47. The number of nitro groups is 1.